The van der Waals surface area contributed by atoms with E-state index in [1.54, 1.807) is 0 Å². The molecule has 0 spiro atoms. The Morgan fingerprint density at radius 1 is 1.10 bits per heavy atom. The Morgan fingerprint density at radius 3 is 2.40 bits per heavy atom. The fraction of sp³-hybridized carbons (Fsp3) is 0.929. The first-order chi connectivity index (χ1) is 9.43. The molecule has 5 unspecified atom stereocenters. The molecular formula is C14H21F3N2O. The summed E-state index contributed by atoms with van der Waals surface area (Å²) < 4.78 is 37.6. The maximum Gasteiger partial charge on any atom is 0.403 e. The van der Waals surface area contributed by atoms with E-state index in [1.807, 2.05) is 0 Å². The minimum atomic E-state index is -4.18. The third kappa shape index (κ3) is 2.80. The molecule has 2 bridgehead atoms. The number of nitrogens with one attached hydrogen (secondary N) is 2. The van der Waals surface area contributed by atoms with Crippen molar-refractivity contribution in [1.29, 1.82) is 0 Å². The number of rotatable bonds is 2. The third-order valence-electron chi connectivity index (χ3n) is 5.23. The summed E-state index contributed by atoms with van der Waals surface area (Å²) in [4.78, 5) is 12.2. The highest BCUT2D eigenvalue weighted by Gasteiger charge is 2.44. The zero-order valence-electron chi connectivity index (χ0n) is 11.4. The van der Waals surface area contributed by atoms with Gasteiger partial charge in [-0.15, -0.1) is 0 Å². The second kappa shape index (κ2) is 5.20. The number of hydrogen-bond acceptors (Lipinski definition) is 2. The van der Waals surface area contributed by atoms with Crippen LogP contribution in [0.1, 0.15) is 38.5 Å². The zero-order chi connectivity index (χ0) is 14.3. The number of piperidine rings is 1. The first-order valence-electron chi connectivity index (χ1n) is 7.54. The minimum absolute atomic E-state index is 0.0468. The molecule has 1 aliphatic heterocycles. The van der Waals surface area contributed by atoms with E-state index in [9.17, 15) is 18.0 Å². The van der Waals surface area contributed by atoms with Crippen molar-refractivity contribution < 1.29 is 18.0 Å². The molecule has 0 aromatic rings. The van der Waals surface area contributed by atoms with E-state index in [-0.39, 0.29) is 30.8 Å². The molecule has 2 aliphatic carbocycles. The zero-order valence-corrected chi connectivity index (χ0v) is 11.4. The highest BCUT2D eigenvalue weighted by molar-refractivity contribution is 5.79. The topological polar surface area (TPSA) is 41.1 Å². The predicted molar refractivity (Wildman–Crippen MR) is 67.9 cm³/mol. The Hall–Kier alpha value is -0.780. The fourth-order valence-corrected chi connectivity index (χ4v) is 4.13. The number of hydrogen-bond donors (Lipinski definition) is 2. The predicted octanol–water partition coefficient (Wildman–Crippen LogP) is 2.22. The third-order valence-corrected chi connectivity index (χ3v) is 5.23. The van der Waals surface area contributed by atoms with Gasteiger partial charge in [-0.05, 0) is 43.9 Å². The van der Waals surface area contributed by atoms with Crippen LogP contribution in [0.4, 0.5) is 13.2 Å². The monoisotopic (exact) mass is 290 g/mol. The average molecular weight is 290 g/mol. The highest BCUT2D eigenvalue weighted by Crippen LogP contribution is 2.48. The molecule has 114 valence electrons. The summed E-state index contributed by atoms with van der Waals surface area (Å²) in [6, 6.07) is -1.57. The van der Waals surface area contributed by atoms with Gasteiger partial charge in [-0.3, -0.25) is 4.79 Å². The summed E-state index contributed by atoms with van der Waals surface area (Å²) in [6.45, 7) is 0.219. The Labute approximate surface area is 116 Å². The van der Waals surface area contributed by atoms with Crippen LogP contribution in [0.2, 0.25) is 0 Å². The fourth-order valence-electron chi connectivity index (χ4n) is 4.13. The molecular weight excluding hydrogens is 269 g/mol. The van der Waals surface area contributed by atoms with Gasteiger partial charge in [-0.2, -0.15) is 13.2 Å². The molecule has 3 aliphatic rings. The van der Waals surface area contributed by atoms with Gasteiger partial charge in [0.05, 0.1) is 0 Å². The number of alkyl halides is 3. The summed E-state index contributed by atoms with van der Waals surface area (Å²) in [6.07, 6.45) is 0.794. The largest absolute Gasteiger partial charge is 0.403 e. The molecule has 2 N–H and O–H groups in total. The molecule has 2 saturated carbocycles. The lowest BCUT2D eigenvalue weighted by Gasteiger charge is -2.32. The van der Waals surface area contributed by atoms with Crippen LogP contribution < -0.4 is 10.6 Å². The number of carbonyl (C=O) groups is 1. The van der Waals surface area contributed by atoms with E-state index in [0.29, 0.717) is 18.3 Å². The Kier molecular flexibility index (Phi) is 3.69. The van der Waals surface area contributed by atoms with Gasteiger partial charge in [0.25, 0.3) is 0 Å². The Bertz CT molecular complexity index is 377. The van der Waals surface area contributed by atoms with E-state index in [0.717, 1.165) is 19.3 Å². The van der Waals surface area contributed by atoms with Crippen molar-refractivity contribution in [2.75, 3.05) is 6.54 Å². The molecule has 1 amide bonds. The second-order valence-corrected chi connectivity index (χ2v) is 6.57. The average Bonchev–Trinajstić information content (AvgIpc) is 3.00. The molecule has 0 aromatic heterocycles. The maximum atomic E-state index is 12.5. The molecule has 0 aromatic carbocycles. The lowest BCUT2D eigenvalue weighted by molar-refractivity contribution is -0.161. The van der Waals surface area contributed by atoms with Crippen LogP contribution in [0.15, 0.2) is 0 Å². The van der Waals surface area contributed by atoms with E-state index < -0.39 is 12.2 Å². The van der Waals surface area contributed by atoms with E-state index in [1.165, 1.54) is 6.42 Å². The van der Waals surface area contributed by atoms with Crippen LogP contribution in [0.5, 0.6) is 0 Å². The van der Waals surface area contributed by atoms with Gasteiger partial charge in [0.2, 0.25) is 5.91 Å². The summed E-state index contributed by atoms with van der Waals surface area (Å²) in [5, 5.41) is 5.45. The van der Waals surface area contributed by atoms with Gasteiger partial charge in [0.1, 0.15) is 6.04 Å². The van der Waals surface area contributed by atoms with Crippen molar-refractivity contribution in [2.24, 2.45) is 17.8 Å². The van der Waals surface area contributed by atoms with E-state index >= 15 is 0 Å². The molecule has 20 heavy (non-hydrogen) atoms. The first kappa shape index (κ1) is 14.2. The van der Waals surface area contributed by atoms with Gasteiger partial charge in [0, 0.05) is 18.5 Å². The van der Waals surface area contributed by atoms with Crippen LogP contribution in [-0.4, -0.2) is 30.7 Å². The van der Waals surface area contributed by atoms with Gasteiger partial charge < -0.3 is 10.6 Å². The number of amides is 1. The molecule has 0 radical (unpaired) electrons. The van der Waals surface area contributed by atoms with Crippen molar-refractivity contribution >= 4 is 5.91 Å². The second-order valence-electron chi connectivity index (χ2n) is 6.57. The first-order valence-corrected chi connectivity index (χ1v) is 7.54. The molecule has 3 nitrogen and oxygen atoms in total. The summed E-state index contributed by atoms with van der Waals surface area (Å²) in [7, 11) is 0. The van der Waals surface area contributed by atoms with Gasteiger partial charge in [-0.1, -0.05) is 6.42 Å². The van der Waals surface area contributed by atoms with Crippen molar-refractivity contribution in [2.45, 2.75) is 56.8 Å². The Balaban J connectivity index is 1.47. The van der Waals surface area contributed by atoms with Gasteiger partial charge >= 0.3 is 6.18 Å². The van der Waals surface area contributed by atoms with Crippen molar-refractivity contribution in [3.63, 3.8) is 0 Å². The molecule has 3 fully saturated rings. The van der Waals surface area contributed by atoms with Crippen molar-refractivity contribution in [3.05, 3.63) is 0 Å². The normalized spacial score (nSPS) is 40.9. The maximum absolute atomic E-state index is 12.5. The molecule has 1 saturated heterocycles. The standard InChI is InChI=1S/C14H21F3N2O/c15-14(16,17)12-4-3-10(7-18-12)19-13(20)11-6-8-1-2-9(11)5-8/h8-12,18H,1-7H2,(H,19,20). The van der Waals surface area contributed by atoms with Crippen LogP contribution in [0.25, 0.3) is 0 Å². The lowest BCUT2D eigenvalue weighted by Crippen LogP contribution is -2.55. The SMILES string of the molecule is O=C(NC1CCC(C(F)(F)F)NC1)C1CC2CCC1C2. The van der Waals surface area contributed by atoms with Gasteiger partial charge in [-0.25, -0.2) is 0 Å². The quantitative estimate of drug-likeness (QED) is 0.819. The summed E-state index contributed by atoms with van der Waals surface area (Å²) in [5.74, 6) is 1.39. The van der Waals surface area contributed by atoms with Crippen molar-refractivity contribution in [3.8, 4) is 0 Å². The molecule has 1 heterocycles. The van der Waals surface area contributed by atoms with Crippen LogP contribution >= 0.6 is 0 Å². The summed E-state index contributed by atoms with van der Waals surface area (Å²) >= 11 is 0. The number of carbonyl (C=O) groups excluding carboxylic acids is 1. The molecule has 3 rings (SSSR count). The van der Waals surface area contributed by atoms with Gasteiger partial charge in [0.15, 0.2) is 0 Å². The van der Waals surface area contributed by atoms with Crippen molar-refractivity contribution in [1.82, 2.24) is 10.6 Å². The van der Waals surface area contributed by atoms with E-state index in [4.69, 9.17) is 0 Å². The van der Waals surface area contributed by atoms with Crippen LogP contribution in [-0.2, 0) is 4.79 Å². The smallest absolute Gasteiger partial charge is 0.352 e. The highest BCUT2D eigenvalue weighted by atomic mass is 19.4. The van der Waals surface area contributed by atoms with E-state index in [2.05, 4.69) is 10.6 Å². The molecule has 5 atom stereocenters. The summed E-state index contributed by atoms with van der Waals surface area (Å²) in [5.41, 5.74) is 0. The number of halogens is 3. The van der Waals surface area contributed by atoms with Crippen LogP contribution in [0.3, 0.4) is 0 Å². The number of fused-ring (bicyclic) bond motifs is 2. The lowest BCUT2D eigenvalue weighted by atomic mass is 9.87. The molecule has 6 heteroatoms. The Morgan fingerprint density at radius 2 is 1.90 bits per heavy atom. The van der Waals surface area contributed by atoms with Crippen LogP contribution in [0, 0.1) is 17.8 Å². The minimum Gasteiger partial charge on any atom is -0.352 e.